The van der Waals surface area contributed by atoms with Crippen LogP contribution in [0.4, 0.5) is 0 Å². The molecular formula is C28H36N4O8S2. The van der Waals surface area contributed by atoms with Gasteiger partial charge in [0.1, 0.15) is 29.1 Å². The van der Waals surface area contributed by atoms with Crippen LogP contribution in [0, 0.1) is 6.92 Å². The molecule has 42 heavy (non-hydrogen) atoms. The molecule has 0 bridgehead atoms. The van der Waals surface area contributed by atoms with Crippen LogP contribution in [0.2, 0.25) is 0 Å². The Labute approximate surface area is 245 Å². The first-order valence-corrected chi connectivity index (χ1v) is 16.7. The summed E-state index contributed by atoms with van der Waals surface area (Å²) in [5.41, 5.74) is 0.518. The number of nitrogens with zero attached hydrogens (tertiary/aromatic N) is 2. The van der Waals surface area contributed by atoms with Gasteiger partial charge in [-0.05, 0) is 69.1 Å². The Bertz CT molecular complexity index is 1660. The zero-order chi connectivity index (χ0) is 30.1. The van der Waals surface area contributed by atoms with Crippen molar-refractivity contribution in [1.29, 1.82) is 0 Å². The van der Waals surface area contributed by atoms with Crippen LogP contribution in [-0.4, -0.2) is 94.0 Å². The maximum Gasteiger partial charge on any atom is 0.245 e. The Hall–Kier alpha value is -2.85. The predicted octanol–water partition coefficient (Wildman–Crippen LogP) is 1.50. The normalized spacial score (nSPS) is 20.2. The van der Waals surface area contributed by atoms with Gasteiger partial charge in [0.15, 0.2) is 0 Å². The minimum absolute atomic E-state index is 0.0125. The summed E-state index contributed by atoms with van der Waals surface area (Å²) in [7, 11) is -6.11. The predicted molar refractivity (Wildman–Crippen MR) is 155 cm³/mol. The molecule has 1 spiro atoms. The van der Waals surface area contributed by atoms with Gasteiger partial charge in [-0.3, -0.25) is 4.98 Å². The third kappa shape index (κ3) is 6.39. The molecule has 12 nitrogen and oxygen atoms in total. The number of aryl methyl sites for hydroxylation is 1. The van der Waals surface area contributed by atoms with E-state index in [1.54, 1.807) is 31.2 Å². The molecule has 2 aliphatic rings. The molecule has 2 aromatic carbocycles. The van der Waals surface area contributed by atoms with Crippen LogP contribution < -0.4 is 14.8 Å². The third-order valence-corrected chi connectivity index (χ3v) is 11.2. The summed E-state index contributed by atoms with van der Waals surface area (Å²) in [6.45, 7) is 3.04. The Balaban J connectivity index is 1.13. The standard InChI is InChI=1S/C28H36N4O8S2/c1-19-12-24-25(34)6-9-30-27(24)26(13-19)42(37,38)32-10-7-28(8-11-32)15-20(17-40-28)31-16-21(33)18-39-22-4-3-5-23(14-22)41(35,36)29-2/h3-6,9,12-14,20-21,29,31,33H,7-8,10-11,15-18H2,1-2H3,(H,30,34)/t20?,21-/m0/s1. The summed E-state index contributed by atoms with van der Waals surface area (Å²) < 4.78 is 66.7. The molecule has 1 aromatic heterocycles. The second kappa shape index (κ2) is 12.0. The second-order valence-electron chi connectivity index (χ2n) is 10.8. The first-order valence-electron chi connectivity index (χ1n) is 13.7. The van der Waals surface area contributed by atoms with Crippen molar-refractivity contribution < 1.29 is 36.5 Å². The highest BCUT2D eigenvalue weighted by Gasteiger charge is 2.45. The van der Waals surface area contributed by atoms with Crippen molar-refractivity contribution in [2.45, 2.75) is 53.7 Å². The highest BCUT2D eigenvalue weighted by molar-refractivity contribution is 7.89. The summed E-state index contributed by atoms with van der Waals surface area (Å²) >= 11 is 0. The van der Waals surface area contributed by atoms with E-state index >= 15 is 0 Å². The van der Waals surface area contributed by atoms with Crippen molar-refractivity contribution in [3.63, 3.8) is 0 Å². The molecule has 5 rings (SSSR count). The highest BCUT2D eigenvalue weighted by Crippen LogP contribution is 2.38. The van der Waals surface area contributed by atoms with Gasteiger partial charge < -0.3 is 25.0 Å². The lowest BCUT2D eigenvalue weighted by atomic mass is 9.88. The van der Waals surface area contributed by atoms with Crippen LogP contribution in [0.3, 0.4) is 0 Å². The number of aromatic hydroxyl groups is 1. The van der Waals surface area contributed by atoms with E-state index in [1.165, 1.54) is 35.7 Å². The average Bonchev–Trinajstić information content (AvgIpc) is 3.37. The minimum Gasteiger partial charge on any atom is -0.507 e. The lowest BCUT2D eigenvalue weighted by Gasteiger charge is -2.38. The van der Waals surface area contributed by atoms with Crippen molar-refractivity contribution in [3.05, 3.63) is 54.2 Å². The molecule has 1 unspecified atom stereocenters. The van der Waals surface area contributed by atoms with Gasteiger partial charge in [-0.15, -0.1) is 0 Å². The zero-order valence-electron chi connectivity index (χ0n) is 23.5. The Morgan fingerprint density at radius 3 is 2.67 bits per heavy atom. The largest absolute Gasteiger partial charge is 0.507 e. The van der Waals surface area contributed by atoms with E-state index < -0.39 is 31.8 Å². The second-order valence-corrected chi connectivity index (χ2v) is 14.6. The quantitative estimate of drug-likeness (QED) is 0.261. The van der Waals surface area contributed by atoms with Crippen LogP contribution in [0.5, 0.6) is 11.5 Å². The summed E-state index contributed by atoms with van der Waals surface area (Å²) in [6, 6.07) is 10.8. The monoisotopic (exact) mass is 620 g/mol. The van der Waals surface area contributed by atoms with E-state index in [0.717, 1.165) is 0 Å². The molecular weight excluding hydrogens is 584 g/mol. The number of rotatable bonds is 10. The molecule has 2 fully saturated rings. The summed E-state index contributed by atoms with van der Waals surface area (Å²) in [6.07, 6.45) is 2.31. The number of piperidine rings is 1. The summed E-state index contributed by atoms with van der Waals surface area (Å²) in [5, 5.41) is 24.4. The molecule has 2 atom stereocenters. The number of aromatic nitrogens is 1. The van der Waals surface area contributed by atoms with Crippen molar-refractivity contribution in [1.82, 2.24) is 19.3 Å². The Morgan fingerprint density at radius 1 is 1.17 bits per heavy atom. The number of aliphatic hydroxyl groups excluding tert-OH is 1. The molecule has 4 N–H and O–H groups in total. The number of fused-ring (bicyclic) bond motifs is 1. The fourth-order valence-corrected chi connectivity index (χ4v) is 7.99. The van der Waals surface area contributed by atoms with E-state index in [1.807, 2.05) is 0 Å². The fourth-order valence-electron chi connectivity index (χ4n) is 5.54. The lowest BCUT2D eigenvalue weighted by Crippen LogP contribution is -2.47. The smallest absolute Gasteiger partial charge is 0.245 e. The molecule has 2 saturated heterocycles. The fraction of sp³-hybridized carbons (Fsp3) is 0.464. The molecule has 2 aliphatic heterocycles. The number of hydrogen-bond donors (Lipinski definition) is 4. The zero-order valence-corrected chi connectivity index (χ0v) is 25.1. The van der Waals surface area contributed by atoms with Gasteiger partial charge in [0.2, 0.25) is 20.0 Å². The van der Waals surface area contributed by atoms with Gasteiger partial charge in [0, 0.05) is 43.3 Å². The average molecular weight is 621 g/mol. The third-order valence-electron chi connectivity index (χ3n) is 7.86. The number of sulfonamides is 2. The molecule has 228 valence electrons. The van der Waals surface area contributed by atoms with E-state index in [-0.39, 0.29) is 40.3 Å². The molecule has 3 aromatic rings. The first-order chi connectivity index (χ1) is 19.9. The molecule has 0 aliphatic carbocycles. The number of aliphatic hydroxyl groups is 1. The molecule has 0 saturated carbocycles. The number of hydrogen-bond acceptors (Lipinski definition) is 10. The van der Waals surface area contributed by atoms with Crippen LogP contribution >= 0.6 is 0 Å². The summed E-state index contributed by atoms with van der Waals surface area (Å²) in [4.78, 5) is 4.41. The van der Waals surface area contributed by atoms with Crippen LogP contribution in [0.1, 0.15) is 24.8 Å². The minimum atomic E-state index is -3.85. The number of benzene rings is 2. The maximum atomic E-state index is 13.6. The van der Waals surface area contributed by atoms with Gasteiger partial charge >= 0.3 is 0 Å². The van der Waals surface area contributed by atoms with E-state index in [9.17, 15) is 27.0 Å². The molecule has 14 heteroatoms. The molecule has 0 radical (unpaired) electrons. The molecule has 0 amide bonds. The van der Waals surface area contributed by atoms with Gasteiger partial charge in [0.05, 0.1) is 22.6 Å². The van der Waals surface area contributed by atoms with Gasteiger partial charge in [-0.1, -0.05) is 6.07 Å². The van der Waals surface area contributed by atoms with Crippen molar-refractivity contribution in [3.8, 4) is 11.5 Å². The Morgan fingerprint density at radius 2 is 1.93 bits per heavy atom. The molecule has 3 heterocycles. The SMILES string of the molecule is CNS(=O)(=O)c1cccc(OC[C@@H](O)CNC2COC3(CCN(S(=O)(=O)c4cc(C)cc5c(O)ccnc45)CC3)C2)c1. The topological polar surface area (TPSA) is 167 Å². The van der Waals surface area contributed by atoms with Gasteiger partial charge in [-0.25, -0.2) is 21.6 Å². The van der Waals surface area contributed by atoms with Crippen LogP contribution in [0.25, 0.3) is 10.9 Å². The van der Waals surface area contributed by atoms with E-state index in [4.69, 9.17) is 9.47 Å². The van der Waals surface area contributed by atoms with Crippen LogP contribution in [0.15, 0.2) is 58.5 Å². The summed E-state index contributed by atoms with van der Waals surface area (Å²) in [5.74, 6) is 0.322. The first kappa shape index (κ1) is 30.6. The lowest BCUT2D eigenvalue weighted by molar-refractivity contribution is -0.0312. The number of nitrogens with one attached hydrogen (secondary N) is 2. The number of pyridine rings is 1. The van der Waals surface area contributed by atoms with Gasteiger partial charge in [-0.2, -0.15) is 4.31 Å². The highest BCUT2D eigenvalue weighted by atomic mass is 32.2. The van der Waals surface area contributed by atoms with E-state index in [0.29, 0.717) is 55.7 Å². The Kier molecular flexibility index (Phi) is 8.77. The number of ether oxygens (including phenoxy) is 2. The van der Waals surface area contributed by atoms with Crippen molar-refractivity contribution in [2.75, 3.05) is 39.9 Å². The maximum absolute atomic E-state index is 13.6. The van der Waals surface area contributed by atoms with Crippen LogP contribution in [-0.2, 0) is 24.8 Å². The van der Waals surface area contributed by atoms with Crippen molar-refractivity contribution in [2.24, 2.45) is 0 Å². The van der Waals surface area contributed by atoms with Gasteiger partial charge in [0.25, 0.3) is 0 Å². The van der Waals surface area contributed by atoms with E-state index in [2.05, 4.69) is 15.0 Å². The van der Waals surface area contributed by atoms with Crippen molar-refractivity contribution >= 4 is 30.9 Å².